The SMILES string of the molecule is CC(C)(C(=O)Nc1ccccc1Cl)N1C2CCCC1CC(NC(=O)c1ccccc1F)C2. The van der Waals surface area contributed by atoms with Crippen molar-refractivity contribution in [2.75, 3.05) is 5.32 Å². The van der Waals surface area contributed by atoms with E-state index in [2.05, 4.69) is 15.5 Å². The number of hydrogen-bond donors (Lipinski definition) is 2. The average molecular weight is 458 g/mol. The van der Waals surface area contributed by atoms with Crippen LogP contribution in [0.1, 0.15) is 56.3 Å². The molecule has 0 aliphatic carbocycles. The van der Waals surface area contributed by atoms with Crippen molar-refractivity contribution in [2.45, 2.75) is 69.6 Å². The van der Waals surface area contributed by atoms with E-state index in [4.69, 9.17) is 11.6 Å². The molecule has 0 spiro atoms. The van der Waals surface area contributed by atoms with Crippen molar-refractivity contribution in [3.8, 4) is 0 Å². The van der Waals surface area contributed by atoms with E-state index in [0.29, 0.717) is 10.7 Å². The summed E-state index contributed by atoms with van der Waals surface area (Å²) in [6.45, 7) is 3.89. The predicted molar refractivity (Wildman–Crippen MR) is 124 cm³/mol. The Morgan fingerprint density at radius 2 is 1.66 bits per heavy atom. The first-order valence-electron chi connectivity index (χ1n) is 11.2. The molecule has 2 heterocycles. The van der Waals surface area contributed by atoms with Crippen LogP contribution in [0.25, 0.3) is 0 Å². The third-order valence-corrected chi connectivity index (χ3v) is 7.08. The zero-order chi connectivity index (χ0) is 22.9. The molecule has 2 unspecified atom stereocenters. The van der Waals surface area contributed by atoms with Crippen molar-refractivity contribution in [2.24, 2.45) is 0 Å². The monoisotopic (exact) mass is 457 g/mol. The maximum Gasteiger partial charge on any atom is 0.254 e. The molecule has 4 rings (SSSR count). The number of piperidine rings is 2. The topological polar surface area (TPSA) is 61.4 Å². The minimum atomic E-state index is -0.741. The summed E-state index contributed by atoms with van der Waals surface area (Å²) in [5.74, 6) is -0.994. The van der Waals surface area contributed by atoms with E-state index in [-0.39, 0.29) is 35.5 Å². The van der Waals surface area contributed by atoms with E-state index < -0.39 is 11.4 Å². The predicted octanol–water partition coefficient (Wildman–Crippen LogP) is 5.01. The fourth-order valence-corrected chi connectivity index (χ4v) is 5.46. The highest BCUT2D eigenvalue weighted by Gasteiger charge is 2.48. The average Bonchev–Trinajstić information content (AvgIpc) is 2.74. The summed E-state index contributed by atoms with van der Waals surface area (Å²) >= 11 is 6.23. The quantitative estimate of drug-likeness (QED) is 0.663. The molecule has 2 aromatic rings. The van der Waals surface area contributed by atoms with Crippen LogP contribution in [-0.4, -0.2) is 40.4 Å². The van der Waals surface area contributed by atoms with Crippen molar-refractivity contribution in [1.82, 2.24) is 10.2 Å². The standard InChI is InChI=1S/C25H29ClFN3O2/c1-25(2,24(32)29-22-13-6-4-11-20(22)26)30-17-8-7-9-18(30)15-16(14-17)28-23(31)19-10-3-5-12-21(19)27/h3-6,10-13,16-18H,7-9,14-15H2,1-2H3,(H,28,31)(H,29,32). The Morgan fingerprint density at radius 1 is 1.03 bits per heavy atom. The molecule has 2 N–H and O–H groups in total. The second kappa shape index (κ2) is 9.20. The van der Waals surface area contributed by atoms with Crippen LogP contribution in [0.2, 0.25) is 5.02 Å². The molecule has 2 fully saturated rings. The Balaban J connectivity index is 1.47. The molecule has 2 saturated heterocycles. The van der Waals surface area contributed by atoms with Crippen LogP contribution in [0, 0.1) is 5.82 Å². The summed E-state index contributed by atoms with van der Waals surface area (Å²) in [6.07, 6.45) is 4.50. The highest BCUT2D eigenvalue weighted by Crippen LogP contribution is 2.39. The van der Waals surface area contributed by atoms with Crippen LogP contribution in [0.4, 0.5) is 10.1 Å². The number of fused-ring (bicyclic) bond motifs is 2. The fraction of sp³-hybridized carbons (Fsp3) is 0.440. The molecule has 0 saturated carbocycles. The summed E-state index contributed by atoms with van der Waals surface area (Å²) in [5.41, 5.74) is -0.0703. The van der Waals surface area contributed by atoms with E-state index in [0.717, 1.165) is 32.1 Å². The lowest BCUT2D eigenvalue weighted by atomic mass is 9.78. The van der Waals surface area contributed by atoms with Gasteiger partial charge in [-0.2, -0.15) is 0 Å². The third kappa shape index (κ3) is 4.52. The molecule has 2 amide bonds. The third-order valence-electron chi connectivity index (χ3n) is 6.75. The van der Waals surface area contributed by atoms with Gasteiger partial charge < -0.3 is 10.6 Å². The van der Waals surface area contributed by atoms with E-state index in [9.17, 15) is 14.0 Å². The number of para-hydroxylation sites is 1. The maximum absolute atomic E-state index is 14.0. The van der Waals surface area contributed by atoms with Gasteiger partial charge >= 0.3 is 0 Å². The molecule has 0 radical (unpaired) electrons. The van der Waals surface area contributed by atoms with Crippen LogP contribution in [0.5, 0.6) is 0 Å². The summed E-state index contributed by atoms with van der Waals surface area (Å²) in [5, 5.41) is 6.52. The highest BCUT2D eigenvalue weighted by molar-refractivity contribution is 6.33. The Bertz CT molecular complexity index is 998. The van der Waals surface area contributed by atoms with E-state index >= 15 is 0 Å². The molecular formula is C25H29ClFN3O2. The lowest BCUT2D eigenvalue weighted by Crippen LogP contribution is -2.66. The Kier molecular flexibility index (Phi) is 6.54. The maximum atomic E-state index is 14.0. The van der Waals surface area contributed by atoms with E-state index in [1.165, 1.54) is 12.1 Å². The number of nitrogens with one attached hydrogen (secondary N) is 2. The van der Waals surface area contributed by atoms with Gasteiger partial charge in [0.05, 0.1) is 21.8 Å². The van der Waals surface area contributed by atoms with Gasteiger partial charge in [-0.1, -0.05) is 42.3 Å². The van der Waals surface area contributed by atoms with Crippen LogP contribution in [0.3, 0.4) is 0 Å². The zero-order valence-electron chi connectivity index (χ0n) is 18.4. The molecule has 170 valence electrons. The van der Waals surface area contributed by atoms with Gasteiger partial charge in [0.25, 0.3) is 5.91 Å². The van der Waals surface area contributed by atoms with Crippen molar-refractivity contribution < 1.29 is 14.0 Å². The van der Waals surface area contributed by atoms with Gasteiger partial charge in [0.15, 0.2) is 0 Å². The normalized spacial score (nSPS) is 23.4. The second-order valence-electron chi connectivity index (χ2n) is 9.26. The second-order valence-corrected chi connectivity index (χ2v) is 9.67. The number of anilines is 1. The van der Waals surface area contributed by atoms with Crippen LogP contribution < -0.4 is 10.6 Å². The molecule has 2 aliphatic heterocycles. The molecule has 5 nitrogen and oxygen atoms in total. The van der Waals surface area contributed by atoms with Gasteiger partial charge in [-0.25, -0.2) is 4.39 Å². The van der Waals surface area contributed by atoms with Gasteiger partial charge in [-0.3, -0.25) is 14.5 Å². The van der Waals surface area contributed by atoms with Crippen molar-refractivity contribution in [1.29, 1.82) is 0 Å². The zero-order valence-corrected chi connectivity index (χ0v) is 19.2. The Labute approximate surface area is 193 Å². The van der Waals surface area contributed by atoms with Gasteiger partial charge in [0.2, 0.25) is 5.91 Å². The number of carbonyl (C=O) groups is 2. The number of carbonyl (C=O) groups excluding carboxylic acids is 2. The largest absolute Gasteiger partial charge is 0.349 e. The summed E-state index contributed by atoms with van der Waals surface area (Å²) < 4.78 is 14.0. The molecule has 32 heavy (non-hydrogen) atoms. The molecule has 2 atom stereocenters. The first kappa shape index (κ1) is 22.7. The van der Waals surface area contributed by atoms with Gasteiger partial charge in [-0.15, -0.1) is 0 Å². The fourth-order valence-electron chi connectivity index (χ4n) is 5.28. The number of benzene rings is 2. The molecule has 7 heteroatoms. The smallest absolute Gasteiger partial charge is 0.254 e. The number of rotatable bonds is 5. The minimum Gasteiger partial charge on any atom is -0.349 e. The first-order valence-corrected chi connectivity index (χ1v) is 11.5. The van der Waals surface area contributed by atoms with Crippen LogP contribution >= 0.6 is 11.6 Å². The molecule has 2 aromatic carbocycles. The van der Waals surface area contributed by atoms with Gasteiger partial charge in [-0.05, 0) is 63.8 Å². The van der Waals surface area contributed by atoms with Crippen molar-refractivity contribution in [3.63, 3.8) is 0 Å². The lowest BCUT2D eigenvalue weighted by Gasteiger charge is -2.54. The number of nitrogens with zero attached hydrogens (tertiary/aromatic N) is 1. The number of hydrogen-bond acceptors (Lipinski definition) is 3. The Hall–Kier alpha value is -2.44. The lowest BCUT2D eigenvalue weighted by molar-refractivity contribution is -0.134. The van der Waals surface area contributed by atoms with Gasteiger partial charge in [0.1, 0.15) is 5.82 Å². The van der Waals surface area contributed by atoms with Gasteiger partial charge in [0, 0.05) is 18.1 Å². The van der Waals surface area contributed by atoms with E-state index in [1.807, 2.05) is 26.0 Å². The summed E-state index contributed by atoms with van der Waals surface area (Å²) in [7, 11) is 0. The summed E-state index contributed by atoms with van der Waals surface area (Å²) in [6, 6.07) is 13.5. The number of amides is 2. The first-order chi connectivity index (χ1) is 15.3. The van der Waals surface area contributed by atoms with E-state index in [1.54, 1.807) is 24.3 Å². The summed E-state index contributed by atoms with van der Waals surface area (Å²) in [4.78, 5) is 28.2. The van der Waals surface area contributed by atoms with Crippen LogP contribution in [0.15, 0.2) is 48.5 Å². The highest BCUT2D eigenvalue weighted by atomic mass is 35.5. The molecule has 2 aliphatic rings. The molecule has 2 bridgehead atoms. The van der Waals surface area contributed by atoms with Crippen molar-refractivity contribution in [3.05, 3.63) is 64.9 Å². The van der Waals surface area contributed by atoms with Crippen molar-refractivity contribution >= 4 is 29.1 Å². The molecular weight excluding hydrogens is 429 g/mol. The molecule has 0 aromatic heterocycles. The Morgan fingerprint density at radius 3 is 2.31 bits per heavy atom. The number of halogens is 2. The van der Waals surface area contributed by atoms with Crippen LogP contribution in [-0.2, 0) is 4.79 Å². The minimum absolute atomic E-state index is 0.0453.